The molecule has 0 spiro atoms. The third-order valence-electron chi connectivity index (χ3n) is 16.0. The van der Waals surface area contributed by atoms with E-state index in [1.807, 2.05) is 66.9 Å². The van der Waals surface area contributed by atoms with Crippen LogP contribution >= 0.6 is 0 Å². The molecule has 0 N–H and O–H groups in total. The predicted octanol–water partition coefficient (Wildman–Crippen LogP) is 21.2. The molecule has 12 rings (SSSR count). The zero-order chi connectivity index (χ0) is 59.0. The van der Waals surface area contributed by atoms with E-state index in [1.165, 1.54) is 28.8 Å². The summed E-state index contributed by atoms with van der Waals surface area (Å²) >= 11 is 0. The van der Waals surface area contributed by atoms with Gasteiger partial charge in [0.25, 0.3) is 0 Å². The molecule has 0 saturated carbocycles. The van der Waals surface area contributed by atoms with E-state index in [9.17, 15) is 0 Å². The number of nitrogens with zero attached hydrogens (tertiary/aromatic N) is 5. The molecule has 85 heavy (non-hydrogen) atoms. The van der Waals surface area contributed by atoms with Gasteiger partial charge in [-0.2, -0.15) is 6.07 Å². The minimum atomic E-state index is -0.652. The molecule has 11 aromatic rings. The van der Waals surface area contributed by atoms with Crippen molar-refractivity contribution in [2.24, 2.45) is 0 Å². The number of para-hydroxylation sites is 5. The number of fused-ring (bicyclic) bond motifs is 4. The van der Waals surface area contributed by atoms with Crippen molar-refractivity contribution < 1.29 is 34.6 Å². The molecule has 0 atom stereocenters. The molecular weight excluding hydrogens is 1230 g/mol. The summed E-state index contributed by atoms with van der Waals surface area (Å²) in [5, 5.41) is 2.11. The normalized spacial score (nSPS) is 12.9. The Morgan fingerprint density at radius 2 is 0.988 bits per heavy atom. The largest absolute Gasteiger partial charge is 0.509 e. The first-order valence-electron chi connectivity index (χ1n) is 28.9. The minimum absolute atomic E-state index is 0. The first-order valence-corrected chi connectivity index (χ1v) is 28.9. The average Bonchev–Trinajstić information content (AvgIpc) is 2.27. The summed E-state index contributed by atoms with van der Waals surface area (Å²) in [6.45, 7) is 28.7. The molecule has 1 aliphatic heterocycles. The van der Waals surface area contributed by atoms with Crippen LogP contribution in [0, 0.1) is 30.4 Å². The minimum Gasteiger partial charge on any atom is -0.509 e. The van der Waals surface area contributed by atoms with Crippen molar-refractivity contribution in [1.82, 2.24) is 9.55 Å². The zero-order valence-electron chi connectivity index (χ0n) is 50.3. The Balaban J connectivity index is 0.00000752. The second-order valence-corrected chi connectivity index (χ2v) is 26.3. The van der Waals surface area contributed by atoms with Gasteiger partial charge >= 0.3 is 0 Å². The van der Waals surface area contributed by atoms with Crippen LogP contribution in [0.25, 0.3) is 49.9 Å². The average molecular weight is 1300 g/mol. The Morgan fingerprint density at radius 1 is 0.459 bits per heavy atom. The summed E-state index contributed by atoms with van der Waals surface area (Å²) in [5.41, 5.74) is 14.6. The van der Waals surface area contributed by atoms with Gasteiger partial charge in [-0.15, -0.1) is 42.4 Å². The number of pyridine rings is 1. The fourth-order valence-electron chi connectivity index (χ4n) is 11.3. The van der Waals surface area contributed by atoms with Gasteiger partial charge in [-0.05, 0) is 139 Å². The number of halogens is 2. The molecule has 0 amide bonds. The first-order chi connectivity index (χ1) is 40.0. The van der Waals surface area contributed by atoms with Crippen LogP contribution in [0.2, 0.25) is 0 Å². The smallest absolute Gasteiger partial charge is 0.135 e. The van der Waals surface area contributed by atoms with Gasteiger partial charge in [0.05, 0.1) is 0 Å². The van der Waals surface area contributed by atoms with Crippen molar-refractivity contribution >= 4 is 61.6 Å². The summed E-state index contributed by atoms with van der Waals surface area (Å²) in [6.07, 6.45) is 1.88. The van der Waals surface area contributed by atoms with Gasteiger partial charge in [-0.3, -0.25) is 0 Å². The van der Waals surface area contributed by atoms with Crippen LogP contribution in [0.5, 0.6) is 11.5 Å². The van der Waals surface area contributed by atoms with Crippen LogP contribution in [0.3, 0.4) is 0 Å². The van der Waals surface area contributed by atoms with Gasteiger partial charge in [0.2, 0.25) is 0 Å². The van der Waals surface area contributed by atoms with E-state index >= 15 is 8.78 Å². The predicted molar refractivity (Wildman–Crippen MR) is 344 cm³/mol. The number of benzene rings is 9. The summed E-state index contributed by atoms with van der Waals surface area (Å²) in [7, 11) is 0. The zero-order valence-corrected chi connectivity index (χ0v) is 52.6. The van der Waals surface area contributed by atoms with E-state index in [4.69, 9.17) is 9.72 Å². The van der Waals surface area contributed by atoms with Crippen molar-refractivity contribution in [2.75, 3.05) is 14.7 Å². The summed E-state index contributed by atoms with van der Waals surface area (Å²) in [5.74, 6) is 0.444. The Hall–Kier alpha value is -8.32. The Morgan fingerprint density at radius 3 is 1.58 bits per heavy atom. The van der Waals surface area contributed by atoms with Gasteiger partial charge in [-0.1, -0.05) is 185 Å². The molecule has 0 saturated heterocycles. The topological polar surface area (TPSA) is 36.8 Å². The van der Waals surface area contributed by atoms with E-state index < -0.39 is 11.6 Å². The molecule has 0 fully saturated rings. The number of hydrogen-bond acceptors (Lipinski definition) is 5. The number of aromatic nitrogens is 2. The molecule has 0 unspecified atom stereocenters. The van der Waals surface area contributed by atoms with Crippen molar-refractivity contribution in [3.8, 4) is 39.6 Å². The standard InChI is InChI=1S/C76H70F2N5O.Pt/c1-73(2,3)51-33-34-79-71(42-51)83-67-28-20-19-27-63(67)64-32-31-61(47-70(64)83)84-62-45-59(44-60(46-62)82(57-23-15-13-16-24-57)58-25-17-14-18-26-58)80-48-81(69-30-22-21-29-68(69)80)72-65(49-35-52(74(4,5)6)39-53(36-49)75(7,8)9)40-54(76(10,11)12)41-66(72)50-37-55(77)43-56(78)38-50;/h13-44,46,48H,1-12H3;/q-3;. The van der Waals surface area contributed by atoms with Gasteiger partial charge in [-0.25, -0.2) is 13.8 Å². The van der Waals surface area contributed by atoms with Gasteiger partial charge in [0.15, 0.2) is 0 Å². The maximum Gasteiger partial charge on any atom is 0.135 e. The quantitative estimate of drug-likeness (QED) is 0.128. The van der Waals surface area contributed by atoms with Crippen molar-refractivity contribution in [3.05, 3.63) is 253 Å². The van der Waals surface area contributed by atoms with Crippen LogP contribution in [0.4, 0.5) is 48.6 Å². The molecule has 3 heterocycles. The third kappa shape index (κ3) is 11.5. The number of ether oxygens (including phenoxy) is 1. The number of anilines is 7. The summed E-state index contributed by atoms with van der Waals surface area (Å²) in [4.78, 5) is 11.5. The molecular formula is C76H70F2N5OPt-3. The Kier molecular flexibility index (Phi) is 15.3. The maximum atomic E-state index is 15.8. The van der Waals surface area contributed by atoms with Gasteiger partial charge in [0.1, 0.15) is 17.5 Å². The van der Waals surface area contributed by atoms with Gasteiger partial charge < -0.3 is 24.0 Å². The van der Waals surface area contributed by atoms with Crippen molar-refractivity contribution in [2.45, 2.75) is 105 Å². The molecule has 0 aliphatic carbocycles. The fraction of sp³-hybridized carbons (Fsp3) is 0.211. The number of rotatable bonds is 10. The van der Waals surface area contributed by atoms with E-state index in [-0.39, 0.29) is 42.7 Å². The molecule has 2 aromatic heterocycles. The van der Waals surface area contributed by atoms with Crippen LogP contribution in [0.15, 0.2) is 200 Å². The molecule has 1 aliphatic rings. The third-order valence-corrected chi connectivity index (χ3v) is 16.0. The molecule has 0 bridgehead atoms. The Bertz CT molecular complexity index is 4210. The summed E-state index contributed by atoms with van der Waals surface area (Å²) in [6, 6.07) is 72.4. The van der Waals surface area contributed by atoms with E-state index in [2.05, 4.69) is 236 Å². The van der Waals surface area contributed by atoms with Crippen LogP contribution in [-0.4, -0.2) is 9.55 Å². The van der Waals surface area contributed by atoms with E-state index in [0.717, 1.165) is 84.5 Å². The van der Waals surface area contributed by atoms with E-state index in [0.29, 0.717) is 28.3 Å². The monoisotopic (exact) mass is 1300 g/mol. The molecule has 9 heteroatoms. The van der Waals surface area contributed by atoms with Crippen LogP contribution in [-0.2, 0) is 42.7 Å². The molecule has 9 aromatic carbocycles. The van der Waals surface area contributed by atoms with Gasteiger partial charge in [0, 0.05) is 89.9 Å². The second-order valence-electron chi connectivity index (χ2n) is 26.3. The van der Waals surface area contributed by atoms with E-state index in [1.54, 1.807) is 0 Å². The second kappa shape index (κ2) is 22.3. The number of hydrogen-bond donors (Lipinski definition) is 0. The molecule has 6 nitrogen and oxygen atoms in total. The SMILES string of the molecule is CC(C)(C)c1cc(-c2cc(C(C)(C)C)cc(-c3cc(F)cc(F)c3)c2N2[CH-]N(c3[c-]c(Oc4[c-]c5c(cc4)c4ccccc4n5-c4cc(C(C)(C)C)ccn4)cc(N(c4ccccc4)c4ccccc4)c3)c3ccccc32)cc(C(C)(C)C)c1.[Pt]. The van der Waals surface area contributed by atoms with Crippen LogP contribution in [0.1, 0.15) is 105 Å². The molecule has 432 valence electrons. The van der Waals surface area contributed by atoms with Crippen molar-refractivity contribution in [1.29, 1.82) is 0 Å². The van der Waals surface area contributed by atoms with Crippen molar-refractivity contribution in [3.63, 3.8) is 0 Å². The summed E-state index contributed by atoms with van der Waals surface area (Å²) < 4.78 is 40.9. The van der Waals surface area contributed by atoms with Crippen LogP contribution < -0.4 is 19.4 Å². The molecule has 0 radical (unpaired) electrons. The first kappa shape index (κ1) is 58.5. The Labute approximate surface area is 514 Å². The maximum absolute atomic E-state index is 15.8. The fourth-order valence-corrected chi connectivity index (χ4v) is 11.3.